The van der Waals surface area contributed by atoms with Crippen LogP contribution in [0.25, 0.3) is 0 Å². The lowest BCUT2D eigenvalue weighted by molar-refractivity contribution is 0.0594. The van der Waals surface area contributed by atoms with Gasteiger partial charge in [-0.2, -0.15) is 0 Å². The maximum Gasteiger partial charge on any atom is 0.356 e. The van der Waals surface area contributed by atoms with E-state index in [1.807, 2.05) is 0 Å². The minimum atomic E-state index is -0.432. The van der Waals surface area contributed by atoms with Crippen LogP contribution in [0.15, 0.2) is 12.1 Å². The van der Waals surface area contributed by atoms with Gasteiger partial charge in [-0.25, -0.2) is 9.78 Å². The number of carbonyl (C=O) groups excluding carboxylic acids is 1. The van der Waals surface area contributed by atoms with Crippen LogP contribution in [0.4, 0.5) is 11.5 Å². The highest BCUT2D eigenvalue weighted by Crippen LogP contribution is 2.31. The molecule has 5 nitrogen and oxygen atoms in total. The highest BCUT2D eigenvalue weighted by molar-refractivity contribution is 5.88. The van der Waals surface area contributed by atoms with Gasteiger partial charge in [0.1, 0.15) is 0 Å². The summed E-state index contributed by atoms with van der Waals surface area (Å²) in [5.41, 5.74) is 6.94. The van der Waals surface area contributed by atoms with Gasteiger partial charge < -0.3 is 15.4 Å². The molecule has 0 saturated carbocycles. The SMILES string of the molecule is COC(=O)c1ccc(N)c(N2[C@H](C)CCC[C@@H]2C)n1. The molecular weight excluding hydrogens is 242 g/mol. The Morgan fingerprint density at radius 2 is 2.00 bits per heavy atom. The van der Waals surface area contributed by atoms with Gasteiger partial charge in [0, 0.05) is 12.1 Å². The standard InChI is InChI=1S/C14H21N3O2/c1-9-5-4-6-10(2)17(9)13-11(15)7-8-12(16-13)14(18)19-3/h7-10H,4-6,15H2,1-3H3/t9-,10+. The van der Waals surface area contributed by atoms with Gasteiger partial charge in [-0.3, -0.25) is 0 Å². The van der Waals surface area contributed by atoms with Crippen LogP contribution in [0.3, 0.4) is 0 Å². The first-order chi connectivity index (χ1) is 9.04. The van der Waals surface area contributed by atoms with E-state index in [1.54, 1.807) is 12.1 Å². The summed E-state index contributed by atoms with van der Waals surface area (Å²) < 4.78 is 4.71. The van der Waals surface area contributed by atoms with Crippen LogP contribution in [0, 0.1) is 0 Å². The molecule has 0 bridgehead atoms. The van der Waals surface area contributed by atoms with Crippen molar-refractivity contribution in [1.29, 1.82) is 0 Å². The molecule has 104 valence electrons. The van der Waals surface area contributed by atoms with Crippen LogP contribution in [-0.2, 0) is 4.74 Å². The molecule has 0 spiro atoms. The maximum atomic E-state index is 11.6. The number of ether oxygens (including phenoxy) is 1. The van der Waals surface area contributed by atoms with Gasteiger partial charge >= 0.3 is 5.97 Å². The van der Waals surface area contributed by atoms with E-state index < -0.39 is 5.97 Å². The Morgan fingerprint density at radius 1 is 1.37 bits per heavy atom. The minimum Gasteiger partial charge on any atom is -0.464 e. The summed E-state index contributed by atoms with van der Waals surface area (Å²) in [6, 6.07) is 4.09. The zero-order valence-corrected chi connectivity index (χ0v) is 11.7. The molecule has 2 heterocycles. The first-order valence-electron chi connectivity index (χ1n) is 6.67. The summed E-state index contributed by atoms with van der Waals surface area (Å²) in [6.07, 6.45) is 3.46. The van der Waals surface area contributed by atoms with Crippen molar-refractivity contribution in [1.82, 2.24) is 4.98 Å². The van der Waals surface area contributed by atoms with Crippen LogP contribution < -0.4 is 10.6 Å². The number of pyridine rings is 1. The van der Waals surface area contributed by atoms with E-state index in [2.05, 4.69) is 23.7 Å². The molecule has 1 aromatic heterocycles. The smallest absolute Gasteiger partial charge is 0.356 e. The fourth-order valence-electron chi connectivity index (χ4n) is 2.72. The van der Waals surface area contributed by atoms with Gasteiger partial charge in [0.15, 0.2) is 11.5 Å². The molecule has 0 aliphatic carbocycles. The normalized spacial score (nSPS) is 23.2. The Kier molecular flexibility index (Phi) is 3.93. The fraction of sp³-hybridized carbons (Fsp3) is 0.571. The van der Waals surface area contributed by atoms with Crippen LogP contribution >= 0.6 is 0 Å². The summed E-state index contributed by atoms with van der Waals surface area (Å²) in [5.74, 6) is 0.265. The molecule has 1 fully saturated rings. The number of methoxy groups -OCH3 is 1. The molecule has 1 aliphatic heterocycles. The third-order valence-corrected chi connectivity index (χ3v) is 3.74. The van der Waals surface area contributed by atoms with Crippen molar-refractivity contribution in [2.45, 2.75) is 45.2 Å². The van der Waals surface area contributed by atoms with E-state index >= 15 is 0 Å². The molecule has 1 aliphatic rings. The second kappa shape index (κ2) is 5.47. The number of esters is 1. The first-order valence-corrected chi connectivity index (χ1v) is 6.67. The lowest BCUT2D eigenvalue weighted by Gasteiger charge is -2.40. The Morgan fingerprint density at radius 3 is 2.58 bits per heavy atom. The molecular formula is C14H21N3O2. The number of carbonyl (C=O) groups is 1. The molecule has 0 aromatic carbocycles. The highest BCUT2D eigenvalue weighted by atomic mass is 16.5. The summed E-state index contributed by atoms with van der Waals surface area (Å²) in [5, 5.41) is 0. The van der Waals surface area contributed by atoms with Crippen molar-refractivity contribution in [2.24, 2.45) is 0 Å². The Hall–Kier alpha value is -1.78. The molecule has 1 saturated heterocycles. The predicted octanol–water partition coefficient (Wildman–Crippen LogP) is 2.22. The van der Waals surface area contributed by atoms with E-state index in [0.717, 1.165) is 12.8 Å². The third-order valence-electron chi connectivity index (χ3n) is 3.74. The van der Waals surface area contributed by atoms with Gasteiger partial charge in [0.25, 0.3) is 0 Å². The molecule has 0 amide bonds. The minimum absolute atomic E-state index is 0.302. The topological polar surface area (TPSA) is 68.5 Å². The molecule has 19 heavy (non-hydrogen) atoms. The zero-order valence-electron chi connectivity index (χ0n) is 11.7. The van der Waals surface area contributed by atoms with Crippen LogP contribution in [-0.4, -0.2) is 30.1 Å². The first kappa shape index (κ1) is 13.6. The predicted molar refractivity (Wildman–Crippen MR) is 75.2 cm³/mol. The molecule has 5 heteroatoms. The Labute approximate surface area is 113 Å². The summed E-state index contributed by atoms with van der Waals surface area (Å²) in [7, 11) is 1.35. The number of hydrogen-bond donors (Lipinski definition) is 1. The van der Waals surface area contributed by atoms with Gasteiger partial charge in [0.05, 0.1) is 12.8 Å². The molecule has 0 radical (unpaired) electrons. The number of nitrogens with two attached hydrogens (primary N) is 1. The van der Waals surface area contributed by atoms with E-state index in [-0.39, 0.29) is 0 Å². The van der Waals surface area contributed by atoms with Crippen LogP contribution in [0.5, 0.6) is 0 Å². The fourth-order valence-corrected chi connectivity index (χ4v) is 2.72. The summed E-state index contributed by atoms with van der Waals surface area (Å²) >= 11 is 0. The molecule has 2 atom stereocenters. The zero-order chi connectivity index (χ0) is 14.0. The largest absolute Gasteiger partial charge is 0.464 e. The van der Waals surface area contributed by atoms with E-state index in [4.69, 9.17) is 10.5 Å². The lowest BCUT2D eigenvalue weighted by Crippen LogP contribution is -2.44. The Balaban J connectivity index is 2.39. The van der Waals surface area contributed by atoms with Crippen molar-refractivity contribution >= 4 is 17.5 Å². The maximum absolute atomic E-state index is 11.6. The summed E-state index contributed by atoms with van der Waals surface area (Å²) in [4.78, 5) is 18.2. The molecule has 2 rings (SSSR count). The summed E-state index contributed by atoms with van der Waals surface area (Å²) in [6.45, 7) is 4.34. The number of rotatable bonds is 2. The number of hydrogen-bond acceptors (Lipinski definition) is 5. The van der Waals surface area contributed by atoms with Crippen molar-refractivity contribution < 1.29 is 9.53 Å². The number of nitrogens with zero attached hydrogens (tertiary/aromatic N) is 2. The van der Waals surface area contributed by atoms with Crippen molar-refractivity contribution in [2.75, 3.05) is 17.7 Å². The van der Waals surface area contributed by atoms with E-state index in [9.17, 15) is 4.79 Å². The number of piperidine rings is 1. The monoisotopic (exact) mass is 263 g/mol. The average Bonchev–Trinajstić information content (AvgIpc) is 2.39. The highest BCUT2D eigenvalue weighted by Gasteiger charge is 2.28. The van der Waals surface area contributed by atoms with Gasteiger partial charge in [-0.05, 0) is 45.2 Å². The van der Waals surface area contributed by atoms with Gasteiger partial charge in [-0.15, -0.1) is 0 Å². The van der Waals surface area contributed by atoms with Gasteiger partial charge in [0.2, 0.25) is 0 Å². The number of nitrogen functional groups attached to an aromatic ring is 1. The van der Waals surface area contributed by atoms with Crippen molar-refractivity contribution in [3.8, 4) is 0 Å². The van der Waals surface area contributed by atoms with Crippen LogP contribution in [0.2, 0.25) is 0 Å². The van der Waals surface area contributed by atoms with E-state index in [1.165, 1.54) is 13.5 Å². The second-order valence-corrected chi connectivity index (χ2v) is 5.14. The van der Waals surface area contributed by atoms with Crippen molar-refractivity contribution in [3.63, 3.8) is 0 Å². The number of anilines is 2. The lowest BCUT2D eigenvalue weighted by atomic mass is 9.97. The quantitative estimate of drug-likeness (QED) is 0.829. The molecule has 1 aromatic rings. The second-order valence-electron chi connectivity index (χ2n) is 5.14. The van der Waals surface area contributed by atoms with E-state index in [0.29, 0.717) is 29.3 Å². The Bertz CT molecular complexity index is 466. The average molecular weight is 263 g/mol. The van der Waals surface area contributed by atoms with Gasteiger partial charge in [-0.1, -0.05) is 0 Å². The molecule has 0 unspecified atom stereocenters. The third kappa shape index (κ3) is 2.64. The van der Waals surface area contributed by atoms with Crippen molar-refractivity contribution in [3.05, 3.63) is 17.8 Å². The van der Waals surface area contributed by atoms with Crippen LogP contribution in [0.1, 0.15) is 43.6 Å². The molecule has 2 N–H and O–H groups in total. The number of aromatic nitrogens is 1.